The van der Waals surface area contributed by atoms with Crippen molar-refractivity contribution in [3.8, 4) is 0 Å². The predicted molar refractivity (Wildman–Crippen MR) is 47.2 cm³/mol. The van der Waals surface area contributed by atoms with Crippen LogP contribution in [-0.4, -0.2) is 12.3 Å². The highest BCUT2D eigenvalue weighted by Gasteiger charge is 2.48. The molecule has 0 amide bonds. The number of hydrogen-bond donors (Lipinski definition) is 1. The van der Waals surface area contributed by atoms with Crippen LogP contribution in [0.15, 0.2) is 11.4 Å². The number of rotatable bonds is 3. The second-order valence-corrected chi connectivity index (χ2v) is 3.94. The molecule has 2 N–H and O–H groups in total. The number of nitrogens with two attached hydrogens (primary N) is 1. The highest BCUT2D eigenvalue weighted by molar-refractivity contribution is 7.10. The predicted octanol–water partition coefficient (Wildman–Crippen LogP) is 3.30. The van der Waals surface area contributed by atoms with Gasteiger partial charge in [0.2, 0.25) is 0 Å². The molecule has 0 saturated heterocycles. The summed E-state index contributed by atoms with van der Waals surface area (Å²) in [6.07, 6.45) is -3.80. The van der Waals surface area contributed by atoms with Gasteiger partial charge in [0.1, 0.15) is 6.04 Å². The molecule has 0 aromatic carbocycles. The van der Waals surface area contributed by atoms with Gasteiger partial charge in [0.05, 0.1) is 5.02 Å². The Labute approximate surface area is 86.5 Å². The fourth-order valence-corrected chi connectivity index (χ4v) is 2.06. The van der Waals surface area contributed by atoms with Crippen LogP contribution < -0.4 is 5.73 Å². The highest BCUT2D eigenvalue weighted by atomic mass is 35.5. The minimum absolute atomic E-state index is 0.0113. The fourth-order valence-electron chi connectivity index (χ4n) is 0.838. The Morgan fingerprint density at radius 1 is 1.43 bits per heavy atom. The lowest BCUT2D eigenvalue weighted by molar-refractivity contribution is -0.143. The van der Waals surface area contributed by atoms with Gasteiger partial charge in [0, 0.05) is 4.88 Å². The molecule has 1 unspecified atom stereocenters. The van der Waals surface area contributed by atoms with E-state index in [4.69, 9.17) is 17.3 Å². The molecule has 1 aromatic rings. The third-order valence-electron chi connectivity index (χ3n) is 1.63. The molecule has 1 heterocycles. The average Bonchev–Trinajstić information content (AvgIpc) is 2.49. The molecule has 1 atom stereocenters. The van der Waals surface area contributed by atoms with Crippen LogP contribution in [0.25, 0.3) is 0 Å². The van der Waals surface area contributed by atoms with Gasteiger partial charge in [0.15, 0.2) is 0 Å². The van der Waals surface area contributed by atoms with Gasteiger partial charge in [-0.25, -0.2) is 8.78 Å². The van der Waals surface area contributed by atoms with Gasteiger partial charge >= 0.3 is 12.3 Å². The Kier molecular flexibility index (Phi) is 3.39. The van der Waals surface area contributed by atoms with Gasteiger partial charge in [-0.2, -0.15) is 8.78 Å². The quantitative estimate of drug-likeness (QED) is 0.815. The van der Waals surface area contributed by atoms with E-state index in [0.29, 0.717) is 0 Å². The number of halogens is 5. The van der Waals surface area contributed by atoms with Gasteiger partial charge in [-0.1, -0.05) is 11.6 Å². The first-order chi connectivity index (χ1) is 6.37. The standard InChI is InChI=1S/C7H6ClF4NS/c8-3-1-2-14-4(3)5(13)7(11,12)6(9)10/h1-2,5-6H,13H2. The van der Waals surface area contributed by atoms with E-state index in [2.05, 4.69) is 0 Å². The molecular formula is C7H6ClF4NS. The minimum atomic E-state index is -4.26. The molecule has 1 nitrogen and oxygen atoms in total. The highest BCUT2D eigenvalue weighted by Crippen LogP contribution is 2.39. The summed E-state index contributed by atoms with van der Waals surface area (Å²) < 4.78 is 49.3. The largest absolute Gasteiger partial charge is 0.327 e. The number of thiophene rings is 1. The van der Waals surface area contributed by atoms with E-state index < -0.39 is 18.4 Å². The van der Waals surface area contributed by atoms with E-state index >= 15 is 0 Å². The van der Waals surface area contributed by atoms with Crippen molar-refractivity contribution >= 4 is 22.9 Å². The first kappa shape index (κ1) is 11.7. The molecule has 0 aliphatic rings. The van der Waals surface area contributed by atoms with E-state index in [0.717, 1.165) is 11.3 Å². The maximum atomic E-state index is 12.8. The zero-order valence-electron chi connectivity index (χ0n) is 6.68. The minimum Gasteiger partial charge on any atom is -0.318 e. The molecule has 14 heavy (non-hydrogen) atoms. The van der Waals surface area contributed by atoms with Crippen LogP contribution in [0.1, 0.15) is 10.9 Å². The summed E-state index contributed by atoms with van der Waals surface area (Å²) in [4.78, 5) is -0.128. The normalized spacial score (nSPS) is 14.8. The van der Waals surface area contributed by atoms with Gasteiger partial charge in [-0.3, -0.25) is 0 Å². The Morgan fingerprint density at radius 2 is 2.00 bits per heavy atom. The van der Waals surface area contributed by atoms with Gasteiger partial charge in [0.25, 0.3) is 0 Å². The molecule has 1 rings (SSSR count). The summed E-state index contributed by atoms with van der Waals surface area (Å²) in [6, 6.07) is -0.724. The van der Waals surface area contributed by atoms with E-state index in [-0.39, 0.29) is 9.90 Å². The van der Waals surface area contributed by atoms with Crippen LogP contribution in [0.3, 0.4) is 0 Å². The molecule has 80 valence electrons. The van der Waals surface area contributed by atoms with E-state index in [9.17, 15) is 17.6 Å². The molecule has 0 fully saturated rings. The third kappa shape index (κ3) is 2.02. The van der Waals surface area contributed by atoms with E-state index in [1.807, 2.05) is 0 Å². The molecular weight excluding hydrogens is 242 g/mol. The Hall–Kier alpha value is -0.330. The SMILES string of the molecule is NC(c1sccc1Cl)C(F)(F)C(F)F. The zero-order chi connectivity index (χ0) is 10.9. The molecule has 0 spiro atoms. The smallest absolute Gasteiger partial charge is 0.318 e. The van der Waals surface area contributed by atoms with Gasteiger partial charge in [-0.05, 0) is 11.4 Å². The van der Waals surface area contributed by atoms with Gasteiger partial charge < -0.3 is 5.73 Å². The molecule has 0 aliphatic carbocycles. The molecule has 0 radical (unpaired) electrons. The van der Waals surface area contributed by atoms with Crippen LogP contribution in [0, 0.1) is 0 Å². The van der Waals surface area contributed by atoms with E-state index in [1.165, 1.54) is 11.4 Å². The van der Waals surface area contributed by atoms with Crippen molar-refractivity contribution < 1.29 is 17.6 Å². The monoisotopic (exact) mass is 247 g/mol. The van der Waals surface area contributed by atoms with Crippen molar-refractivity contribution in [2.75, 3.05) is 0 Å². The molecule has 1 aromatic heterocycles. The maximum absolute atomic E-state index is 12.8. The third-order valence-corrected chi connectivity index (χ3v) is 3.07. The topological polar surface area (TPSA) is 26.0 Å². The summed E-state index contributed by atoms with van der Waals surface area (Å²) in [7, 11) is 0. The van der Waals surface area contributed by atoms with Crippen LogP contribution in [-0.2, 0) is 0 Å². The molecule has 0 aliphatic heterocycles. The van der Waals surface area contributed by atoms with Crippen molar-refractivity contribution in [1.29, 1.82) is 0 Å². The second kappa shape index (κ2) is 4.04. The van der Waals surface area contributed by atoms with Gasteiger partial charge in [-0.15, -0.1) is 11.3 Å². The fraction of sp³-hybridized carbons (Fsp3) is 0.429. The van der Waals surface area contributed by atoms with Crippen LogP contribution in [0.4, 0.5) is 17.6 Å². The molecule has 0 saturated carbocycles. The van der Waals surface area contributed by atoms with E-state index in [1.54, 1.807) is 0 Å². The van der Waals surface area contributed by atoms with Crippen molar-refractivity contribution in [1.82, 2.24) is 0 Å². The Balaban J connectivity index is 2.96. The summed E-state index contributed by atoms with van der Waals surface area (Å²) in [6.45, 7) is 0. The van der Waals surface area contributed by atoms with Crippen molar-refractivity contribution in [3.05, 3.63) is 21.3 Å². The van der Waals surface area contributed by atoms with Crippen LogP contribution >= 0.6 is 22.9 Å². The van der Waals surface area contributed by atoms with Crippen LogP contribution in [0.2, 0.25) is 5.02 Å². The first-order valence-electron chi connectivity index (χ1n) is 3.51. The lowest BCUT2D eigenvalue weighted by atomic mass is 10.1. The average molecular weight is 248 g/mol. The van der Waals surface area contributed by atoms with Crippen molar-refractivity contribution in [2.45, 2.75) is 18.4 Å². The zero-order valence-corrected chi connectivity index (χ0v) is 8.26. The summed E-state index contributed by atoms with van der Waals surface area (Å²) in [5, 5.41) is 1.40. The Morgan fingerprint density at radius 3 is 2.36 bits per heavy atom. The lowest BCUT2D eigenvalue weighted by Gasteiger charge is -2.21. The Bertz CT molecular complexity index is 314. The van der Waals surface area contributed by atoms with Crippen molar-refractivity contribution in [3.63, 3.8) is 0 Å². The second-order valence-electron chi connectivity index (χ2n) is 2.59. The molecule has 0 bridgehead atoms. The number of alkyl halides is 4. The van der Waals surface area contributed by atoms with Crippen LogP contribution in [0.5, 0.6) is 0 Å². The van der Waals surface area contributed by atoms with Crippen molar-refractivity contribution in [2.24, 2.45) is 5.73 Å². The lowest BCUT2D eigenvalue weighted by Crippen LogP contribution is -2.39. The summed E-state index contributed by atoms with van der Waals surface area (Å²) in [5.41, 5.74) is 5.01. The maximum Gasteiger partial charge on any atom is 0.327 e. The summed E-state index contributed by atoms with van der Waals surface area (Å²) in [5.74, 6) is -4.26. The number of hydrogen-bond acceptors (Lipinski definition) is 2. The summed E-state index contributed by atoms with van der Waals surface area (Å²) >= 11 is 6.33. The first-order valence-corrected chi connectivity index (χ1v) is 4.77. The molecule has 7 heteroatoms.